The van der Waals surface area contributed by atoms with Crippen molar-refractivity contribution in [3.05, 3.63) is 42.2 Å². The first-order chi connectivity index (χ1) is 13.5. The predicted molar refractivity (Wildman–Crippen MR) is 88.8 cm³/mol. The number of ether oxygens (including phenoxy) is 1. The minimum absolute atomic E-state index is 0.0241. The molecule has 3 rings (SSSR count). The van der Waals surface area contributed by atoms with Crippen molar-refractivity contribution in [3.8, 4) is 11.4 Å². The Labute approximate surface area is 161 Å². The van der Waals surface area contributed by atoms with Crippen molar-refractivity contribution in [1.29, 1.82) is 0 Å². The Morgan fingerprint density at radius 2 is 1.79 bits per heavy atom. The van der Waals surface area contributed by atoms with Crippen LogP contribution in [0.1, 0.15) is 18.4 Å². The third-order valence-corrected chi connectivity index (χ3v) is 3.86. The van der Waals surface area contributed by atoms with Crippen LogP contribution < -0.4 is 10.1 Å². The molecule has 6 nitrogen and oxygen atoms in total. The van der Waals surface area contributed by atoms with Gasteiger partial charge in [-0.15, -0.1) is 0 Å². The number of hydrogen-bond donors (Lipinski definition) is 2. The molecule has 2 heterocycles. The Hall–Kier alpha value is -2.76. The van der Waals surface area contributed by atoms with Crippen molar-refractivity contribution in [2.24, 2.45) is 0 Å². The number of hydrogen-bond acceptors (Lipinski definition) is 4. The van der Waals surface area contributed by atoms with Gasteiger partial charge in [-0.2, -0.15) is 31.4 Å². The SMILES string of the molecule is FC(F)(F)c1ccc(OC2CCNCC2)cc1-n1cccn1.O=C(O)C(F)(F)F. The summed E-state index contributed by atoms with van der Waals surface area (Å²) in [6, 6.07) is 5.41. The monoisotopic (exact) mass is 425 g/mol. The van der Waals surface area contributed by atoms with Gasteiger partial charge in [-0.25, -0.2) is 9.48 Å². The molecule has 2 aromatic rings. The molecule has 1 aliphatic rings. The molecule has 12 heteroatoms. The standard InChI is InChI=1S/C15H16F3N3O.C2HF3O2/c16-15(17,18)13-3-2-12(22-11-4-7-19-8-5-11)10-14(13)21-9-1-6-20-21;3-2(4,5)1(6)7/h1-3,6,9-11,19H,4-5,7-8H2;(H,6,7). The first kappa shape index (κ1) is 22.5. The zero-order valence-electron chi connectivity index (χ0n) is 14.8. The van der Waals surface area contributed by atoms with Gasteiger partial charge in [0.25, 0.3) is 0 Å². The molecule has 0 radical (unpaired) electrons. The quantitative estimate of drug-likeness (QED) is 0.735. The number of nitrogens with one attached hydrogen (secondary N) is 1. The molecule has 1 aromatic carbocycles. The van der Waals surface area contributed by atoms with Crippen molar-refractivity contribution >= 4 is 5.97 Å². The number of nitrogens with zero attached hydrogens (tertiary/aromatic N) is 2. The van der Waals surface area contributed by atoms with Crippen LogP contribution in [-0.4, -0.2) is 46.2 Å². The summed E-state index contributed by atoms with van der Waals surface area (Å²) in [6.45, 7) is 1.72. The highest BCUT2D eigenvalue weighted by atomic mass is 19.4. The number of carbonyl (C=O) groups is 1. The number of carboxylic acid groups (broad SMARTS) is 1. The Bertz CT molecular complexity index is 800. The molecule has 1 fully saturated rings. The summed E-state index contributed by atoms with van der Waals surface area (Å²) >= 11 is 0. The lowest BCUT2D eigenvalue weighted by atomic mass is 10.1. The average Bonchev–Trinajstić information content (AvgIpc) is 3.16. The number of aromatic nitrogens is 2. The summed E-state index contributed by atoms with van der Waals surface area (Å²) in [5, 5.41) is 14.2. The molecule has 160 valence electrons. The highest BCUT2D eigenvalue weighted by Crippen LogP contribution is 2.35. The maximum Gasteiger partial charge on any atom is 0.490 e. The minimum Gasteiger partial charge on any atom is -0.490 e. The first-order valence-electron chi connectivity index (χ1n) is 8.37. The van der Waals surface area contributed by atoms with E-state index in [1.54, 1.807) is 6.07 Å². The molecule has 2 N–H and O–H groups in total. The van der Waals surface area contributed by atoms with E-state index in [0.717, 1.165) is 32.0 Å². The molecule has 1 saturated heterocycles. The average molecular weight is 425 g/mol. The van der Waals surface area contributed by atoms with E-state index in [2.05, 4.69) is 10.4 Å². The molecule has 0 spiro atoms. The Balaban J connectivity index is 0.000000370. The van der Waals surface area contributed by atoms with E-state index < -0.39 is 23.9 Å². The number of rotatable bonds is 3. The summed E-state index contributed by atoms with van der Waals surface area (Å²) in [6.07, 6.45) is -4.87. The van der Waals surface area contributed by atoms with Crippen LogP contribution in [-0.2, 0) is 11.0 Å². The van der Waals surface area contributed by atoms with E-state index in [4.69, 9.17) is 14.6 Å². The lowest BCUT2D eigenvalue weighted by Crippen LogP contribution is -2.34. The first-order valence-corrected chi connectivity index (χ1v) is 8.37. The van der Waals surface area contributed by atoms with Crippen LogP contribution in [0.15, 0.2) is 36.7 Å². The van der Waals surface area contributed by atoms with Crippen LogP contribution in [0.25, 0.3) is 5.69 Å². The number of halogens is 6. The third-order valence-electron chi connectivity index (χ3n) is 3.86. The fraction of sp³-hybridized carbons (Fsp3) is 0.412. The smallest absolute Gasteiger partial charge is 0.490 e. The van der Waals surface area contributed by atoms with Crippen LogP contribution in [0.3, 0.4) is 0 Å². The lowest BCUT2D eigenvalue weighted by molar-refractivity contribution is -0.192. The maximum absolute atomic E-state index is 13.1. The fourth-order valence-corrected chi connectivity index (χ4v) is 2.53. The van der Waals surface area contributed by atoms with Crippen LogP contribution >= 0.6 is 0 Å². The highest BCUT2D eigenvalue weighted by Gasteiger charge is 2.38. The van der Waals surface area contributed by atoms with Crippen molar-refractivity contribution in [1.82, 2.24) is 15.1 Å². The predicted octanol–water partition coefficient (Wildman–Crippen LogP) is 3.66. The second-order valence-corrected chi connectivity index (χ2v) is 6.00. The van der Waals surface area contributed by atoms with Gasteiger partial charge in [-0.1, -0.05) is 0 Å². The van der Waals surface area contributed by atoms with E-state index >= 15 is 0 Å². The molecular weight excluding hydrogens is 408 g/mol. The fourth-order valence-electron chi connectivity index (χ4n) is 2.53. The molecule has 0 atom stereocenters. The molecule has 0 bridgehead atoms. The van der Waals surface area contributed by atoms with Gasteiger partial charge in [0.2, 0.25) is 0 Å². The van der Waals surface area contributed by atoms with Crippen molar-refractivity contribution in [2.45, 2.75) is 31.3 Å². The van der Waals surface area contributed by atoms with Gasteiger partial charge in [0, 0.05) is 18.5 Å². The van der Waals surface area contributed by atoms with Crippen LogP contribution in [0, 0.1) is 0 Å². The largest absolute Gasteiger partial charge is 0.490 e. The normalized spacial score (nSPS) is 15.4. The number of aliphatic carboxylic acids is 1. The molecule has 0 saturated carbocycles. The number of piperidine rings is 1. The summed E-state index contributed by atoms with van der Waals surface area (Å²) in [5.41, 5.74) is -0.752. The van der Waals surface area contributed by atoms with Crippen LogP contribution in [0.2, 0.25) is 0 Å². The van der Waals surface area contributed by atoms with E-state index in [0.29, 0.717) is 5.75 Å². The Kier molecular flexibility index (Phi) is 7.11. The van der Waals surface area contributed by atoms with Gasteiger partial charge < -0.3 is 15.2 Å². The summed E-state index contributed by atoms with van der Waals surface area (Å²) < 4.78 is 78.2. The number of carboxylic acids is 1. The van der Waals surface area contributed by atoms with Gasteiger partial charge in [0.1, 0.15) is 11.9 Å². The molecule has 1 aliphatic heterocycles. The van der Waals surface area contributed by atoms with E-state index in [-0.39, 0.29) is 11.8 Å². The van der Waals surface area contributed by atoms with Crippen LogP contribution in [0.4, 0.5) is 26.3 Å². The molecular formula is C17H17F6N3O3. The van der Waals surface area contributed by atoms with Gasteiger partial charge in [0.05, 0.1) is 11.3 Å². The van der Waals surface area contributed by atoms with Gasteiger partial charge in [0.15, 0.2) is 0 Å². The van der Waals surface area contributed by atoms with Gasteiger partial charge in [-0.3, -0.25) is 0 Å². The highest BCUT2D eigenvalue weighted by molar-refractivity contribution is 5.73. The molecule has 0 unspecified atom stereocenters. The number of benzene rings is 1. The van der Waals surface area contributed by atoms with Gasteiger partial charge >= 0.3 is 18.3 Å². The topological polar surface area (TPSA) is 76.4 Å². The van der Waals surface area contributed by atoms with Crippen molar-refractivity contribution in [3.63, 3.8) is 0 Å². The summed E-state index contributed by atoms with van der Waals surface area (Å²) in [4.78, 5) is 8.90. The Morgan fingerprint density at radius 1 is 1.17 bits per heavy atom. The summed E-state index contributed by atoms with van der Waals surface area (Å²) in [7, 11) is 0. The molecule has 0 amide bonds. The van der Waals surface area contributed by atoms with Gasteiger partial charge in [-0.05, 0) is 44.1 Å². The van der Waals surface area contributed by atoms with E-state index in [9.17, 15) is 26.3 Å². The lowest BCUT2D eigenvalue weighted by Gasteiger charge is -2.24. The maximum atomic E-state index is 13.1. The van der Waals surface area contributed by atoms with E-state index in [1.807, 2.05) is 0 Å². The van der Waals surface area contributed by atoms with Crippen molar-refractivity contribution in [2.75, 3.05) is 13.1 Å². The third kappa shape index (κ3) is 6.66. The second kappa shape index (κ2) is 9.16. The summed E-state index contributed by atoms with van der Waals surface area (Å²) in [5.74, 6) is -2.32. The Morgan fingerprint density at radius 3 is 2.28 bits per heavy atom. The number of alkyl halides is 6. The molecule has 1 aromatic heterocycles. The van der Waals surface area contributed by atoms with E-state index in [1.165, 1.54) is 29.2 Å². The molecule has 0 aliphatic carbocycles. The molecule has 29 heavy (non-hydrogen) atoms. The van der Waals surface area contributed by atoms with Crippen LogP contribution in [0.5, 0.6) is 5.75 Å². The van der Waals surface area contributed by atoms with Crippen molar-refractivity contribution < 1.29 is 41.0 Å². The zero-order chi connectivity index (χ0) is 21.7. The second-order valence-electron chi connectivity index (χ2n) is 6.00. The zero-order valence-corrected chi connectivity index (χ0v) is 14.8. The minimum atomic E-state index is -5.08.